The lowest BCUT2D eigenvalue weighted by molar-refractivity contribution is 0.356. The van der Waals surface area contributed by atoms with Crippen LogP contribution in [0.15, 0.2) is 48.7 Å². The van der Waals surface area contributed by atoms with Gasteiger partial charge in [0.2, 0.25) is 5.95 Å². The molecule has 172 valence electrons. The van der Waals surface area contributed by atoms with Crippen molar-refractivity contribution in [2.75, 3.05) is 24.9 Å². The number of nitrogens with one attached hydrogen (secondary N) is 3. The van der Waals surface area contributed by atoms with Gasteiger partial charge in [-0.25, -0.2) is 18.2 Å². The van der Waals surface area contributed by atoms with Gasteiger partial charge in [-0.05, 0) is 24.3 Å². The predicted molar refractivity (Wildman–Crippen MR) is 122 cm³/mol. The number of anilines is 4. The highest BCUT2D eigenvalue weighted by molar-refractivity contribution is 5.95. The zero-order chi connectivity index (χ0) is 23.8. The number of hydrogen-bond donors (Lipinski definition) is 3. The second-order valence-electron chi connectivity index (χ2n) is 7.29. The van der Waals surface area contributed by atoms with Crippen LogP contribution in [0.4, 0.5) is 36.3 Å². The van der Waals surface area contributed by atoms with Crippen LogP contribution in [0.3, 0.4) is 0 Å². The average Bonchev–Trinajstić information content (AvgIpc) is 3.29. The van der Waals surface area contributed by atoms with E-state index in [1.54, 1.807) is 18.3 Å². The molecule has 0 atom stereocenters. The van der Waals surface area contributed by atoms with Crippen molar-refractivity contribution in [1.82, 2.24) is 20.2 Å². The molecule has 5 aromatic rings. The molecule has 0 bridgehead atoms. The highest BCUT2D eigenvalue weighted by Gasteiger charge is 2.16. The molecule has 5 rings (SSSR count). The lowest BCUT2D eigenvalue weighted by Crippen LogP contribution is -2.05. The lowest BCUT2D eigenvalue weighted by Gasteiger charge is -2.15. The first-order chi connectivity index (χ1) is 16.4. The molecule has 0 unspecified atom stereocenters. The van der Waals surface area contributed by atoms with E-state index in [4.69, 9.17) is 9.47 Å². The summed E-state index contributed by atoms with van der Waals surface area (Å²) in [5.41, 5.74) is 1.68. The van der Waals surface area contributed by atoms with Gasteiger partial charge in [-0.15, -0.1) is 0 Å². The molecule has 0 aliphatic carbocycles. The molecule has 0 radical (unpaired) electrons. The van der Waals surface area contributed by atoms with Crippen LogP contribution in [0.1, 0.15) is 0 Å². The molecule has 3 aromatic carbocycles. The molecule has 3 N–H and O–H groups in total. The van der Waals surface area contributed by atoms with Gasteiger partial charge in [0, 0.05) is 34.7 Å². The Hall–Kier alpha value is -4.54. The van der Waals surface area contributed by atoms with Gasteiger partial charge in [-0.2, -0.15) is 10.1 Å². The molecule has 0 spiro atoms. The monoisotopic (exact) mass is 466 g/mol. The summed E-state index contributed by atoms with van der Waals surface area (Å²) in [5.74, 6) is -2.30. The molecule has 8 nitrogen and oxygen atoms in total. The van der Waals surface area contributed by atoms with E-state index >= 15 is 0 Å². The molecule has 2 aromatic heterocycles. The summed E-state index contributed by atoms with van der Waals surface area (Å²) >= 11 is 0. The Kier molecular flexibility index (Phi) is 5.28. The van der Waals surface area contributed by atoms with E-state index in [1.807, 2.05) is 18.2 Å². The van der Waals surface area contributed by atoms with Crippen molar-refractivity contribution in [3.8, 4) is 11.5 Å². The van der Waals surface area contributed by atoms with Crippen LogP contribution in [0.5, 0.6) is 11.5 Å². The van der Waals surface area contributed by atoms with Crippen molar-refractivity contribution in [3.05, 3.63) is 66.1 Å². The molecule has 34 heavy (non-hydrogen) atoms. The summed E-state index contributed by atoms with van der Waals surface area (Å²) in [5, 5.41) is 14.2. The van der Waals surface area contributed by atoms with E-state index < -0.39 is 17.5 Å². The average molecular weight is 466 g/mol. The number of rotatable bonds is 6. The predicted octanol–water partition coefficient (Wildman–Crippen LogP) is 5.43. The summed E-state index contributed by atoms with van der Waals surface area (Å²) in [6.07, 6.45) is 1.69. The van der Waals surface area contributed by atoms with E-state index in [-0.39, 0.29) is 11.6 Å². The second-order valence-corrected chi connectivity index (χ2v) is 7.29. The third-order valence-corrected chi connectivity index (χ3v) is 5.16. The first-order valence-electron chi connectivity index (χ1n) is 10.0. The number of methoxy groups -OCH3 is 2. The van der Waals surface area contributed by atoms with Gasteiger partial charge < -0.3 is 20.1 Å². The van der Waals surface area contributed by atoms with Crippen LogP contribution >= 0.6 is 0 Å². The number of aromatic amines is 1. The van der Waals surface area contributed by atoms with Gasteiger partial charge in [-0.1, -0.05) is 0 Å². The quantitative estimate of drug-likeness (QED) is 0.287. The smallest absolute Gasteiger partial charge is 0.229 e. The molecule has 2 heterocycles. The maximum absolute atomic E-state index is 14.2. The molecule has 0 aliphatic heterocycles. The SMILES string of the molecule is COc1cc2nc(Nc3cc(F)c(F)cc3F)nc(Nc3ccc4[nH]ncc4c3)c2cc1OC. The van der Waals surface area contributed by atoms with Gasteiger partial charge in [-0.3, -0.25) is 5.10 Å². The van der Waals surface area contributed by atoms with E-state index in [0.29, 0.717) is 46.0 Å². The minimum atomic E-state index is -1.30. The third-order valence-electron chi connectivity index (χ3n) is 5.16. The Morgan fingerprint density at radius 2 is 1.59 bits per heavy atom. The fourth-order valence-electron chi connectivity index (χ4n) is 3.50. The van der Waals surface area contributed by atoms with Gasteiger partial charge in [0.1, 0.15) is 11.6 Å². The normalized spacial score (nSPS) is 11.1. The molecule has 0 fully saturated rings. The summed E-state index contributed by atoms with van der Waals surface area (Å²) in [6.45, 7) is 0. The van der Waals surface area contributed by atoms with Crippen molar-refractivity contribution in [1.29, 1.82) is 0 Å². The number of hydrogen-bond acceptors (Lipinski definition) is 7. The van der Waals surface area contributed by atoms with Crippen LogP contribution in [-0.4, -0.2) is 34.4 Å². The van der Waals surface area contributed by atoms with Crippen LogP contribution < -0.4 is 20.1 Å². The molecule has 11 heteroatoms. The van der Waals surface area contributed by atoms with Gasteiger partial charge in [0.05, 0.1) is 37.1 Å². The lowest BCUT2D eigenvalue weighted by atomic mass is 10.2. The van der Waals surface area contributed by atoms with Crippen molar-refractivity contribution in [2.24, 2.45) is 0 Å². The number of benzene rings is 3. The zero-order valence-electron chi connectivity index (χ0n) is 17.9. The third kappa shape index (κ3) is 3.87. The van der Waals surface area contributed by atoms with Crippen LogP contribution in [0, 0.1) is 17.5 Å². The summed E-state index contributed by atoms with van der Waals surface area (Å²) in [4.78, 5) is 8.84. The molecule has 0 amide bonds. The summed E-state index contributed by atoms with van der Waals surface area (Å²) in [7, 11) is 2.99. The molecule has 0 saturated carbocycles. The number of fused-ring (bicyclic) bond motifs is 2. The highest BCUT2D eigenvalue weighted by atomic mass is 19.2. The minimum Gasteiger partial charge on any atom is -0.493 e. The zero-order valence-corrected chi connectivity index (χ0v) is 17.9. The maximum atomic E-state index is 14.2. The van der Waals surface area contributed by atoms with Crippen LogP contribution in [0.25, 0.3) is 21.8 Å². The number of aromatic nitrogens is 4. The Balaban J connectivity index is 1.63. The number of halogens is 3. The maximum Gasteiger partial charge on any atom is 0.229 e. The van der Waals surface area contributed by atoms with Crippen LogP contribution in [0.2, 0.25) is 0 Å². The molecule has 0 saturated heterocycles. The standard InChI is InChI=1S/C23H17F3N6O2/c1-33-20-6-13-18(9-21(20)34-2)29-23(30-19-8-15(25)14(24)7-16(19)26)31-22(13)28-12-3-4-17-11(5-12)10-27-32-17/h3-10H,1-2H3,(H,27,32)(H2,28,29,30,31). The Morgan fingerprint density at radius 3 is 2.38 bits per heavy atom. The fourth-order valence-corrected chi connectivity index (χ4v) is 3.50. The first kappa shape index (κ1) is 21.3. The fraction of sp³-hybridized carbons (Fsp3) is 0.0870. The summed E-state index contributed by atoms with van der Waals surface area (Å²) in [6, 6.07) is 10.0. The van der Waals surface area contributed by atoms with Crippen molar-refractivity contribution >= 4 is 44.9 Å². The topological polar surface area (TPSA) is 97.0 Å². The van der Waals surface area contributed by atoms with E-state index in [9.17, 15) is 13.2 Å². The molecular weight excluding hydrogens is 449 g/mol. The Bertz CT molecular complexity index is 1540. The highest BCUT2D eigenvalue weighted by Crippen LogP contribution is 2.36. The van der Waals surface area contributed by atoms with Crippen molar-refractivity contribution in [2.45, 2.75) is 0 Å². The molecule has 0 aliphatic rings. The minimum absolute atomic E-state index is 0.0449. The van der Waals surface area contributed by atoms with E-state index in [2.05, 4.69) is 30.8 Å². The van der Waals surface area contributed by atoms with Crippen LogP contribution in [-0.2, 0) is 0 Å². The summed E-state index contributed by atoms with van der Waals surface area (Å²) < 4.78 is 52.0. The Labute approximate surface area is 190 Å². The van der Waals surface area contributed by atoms with Gasteiger partial charge in [0.15, 0.2) is 23.1 Å². The van der Waals surface area contributed by atoms with E-state index in [1.165, 1.54) is 14.2 Å². The first-order valence-corrected chi connectivity index (χ1v) is 10.0. The number of ether oxygens (including phenoxy) is 2. The number of H-pyrrole nitrogens is 1. The van der Waals surface area contributed by atoms with Crippen molar-refractivity contribution < 1.29 is 22.6 Å². The van der Waals surface area contributed by atoms with E-state index in [0.717, 1.165) is 10.9 Å². The second kappa shape index (κ2) is 8.43. The van der Waals surface area contributed by atoms with Gasteiger partial charge >= 0.3 is 0 Å². The Morgan fingerprint density at radius 1 is 0.824 bits per heavy atom. The molecular formula is C23H17F3N6O2. The largest absolute Gasteiger partial charge is 0.493 e. The van der Waals surface area contributed by atoms with Crippen molar-refractivity contribution in [3.63, 3.8) is 0 Å². The van der Waals surface area contributed by atoms with Gasteiger partial charge in [0.25, 0.3) is 0 Å². The number of nitrogens with zero attached hydrogens (tertiary/aromatic N) is 3.